The van der Waals surface area contributed by atoms with Gasteiger partial charge in [0, 0.05) is 12.8 Å². The Hall–Kier alpha value is -1.55. The molecule has 0 amide bonds. The predicted molar refractivity (Wildman–Crippen MR) is 77.0 cm³/mol. The number of nitrogens with one attached hydrogen (secondary N) is 1. The van der Waals surface area contributed by atoms with Crippen LogP contribution in [0.3, 0.4) is 0 Å². The van der Waals surface area contributed by atoms with Crippen LogP contribution in [-0.2, 0) is 9.53 Å². The smallest absolute Gasteiger partial charge is 0.309 e. The summed E-state index contributed by atoms with van der Waals surface area (Å²) in [6, 6.07) is 7.82. The van der Waals surface area contributed by atoms with Gasteiger partial charge >= 0.3 is 5.97 Å². The zero-order valence-corrected chi connectivity index (χ0v) is 12.2. The van der Waals surface area contributed by atoms with Gasteiger partial charge in [0.15, 0.2) is 0 Å². The Morgan fingerprint density at radius 3 is 2.80 bits per heavy atom. The first-order valence-electron chi connectivity index (χ1n) is 7.43. The van der Waals surface area contributed by atoms with E-state index in [2.05, 4.69) is 0 Å². The third-order valence-corrected chi connectivity index (χ3v) is 3.59. The van der Waals surface area contributed by atoms with Gasteiger partial charge in [-0.15, -0.1) is 0 Å². The highest BCUT2D eigenvalue weighted by Gasteiger charge is 2.15. The fourth-order valence-electron chi connectivity index (χ4n) is 2.46. The van der Waals surface area contributed by atoms with Crippen molar-refractivity contribution in [3.8, 4) is 5.75 Å². The van der Waals surface area contributed by atoms with Crippen molar-refractivity contribution >= 4 is 5.97 Å². The maximum atomic E-state index is 11.6. The Morgan fingerprint density at radius 2 is 2.05 bits per heavy atom. The number of hydrogen-bond acceptors (Lipinski definition) is 3. The molecule has 20 heavy (non-hydrogen) atoms. The van der Waals surface area contributed by atoms with Crippen molar-refractivity contribution in [1.82, 2.24) is 0 Å². The van der Waals surface area contributed by atoms with Crippen molar-refractivity contribution in [3.63, 3.8) is 0 Å². The standard InChI is InChI=1S/C16H23NO3/c1-14-5-4-6-15(13-14)19-11-7-16(18)20-12-10-17-8-2-3-9-17/h4-6,13H,2-3,7-12H2,1H3/p+1. The van der Waals surface area contributed by atoms with E-state index in [0.29, 0.717) is 19.6 Å². The molecule has 1 heterocycles. The number of rotatable bonds is 7. The van der Waals surface area contributed by atoms with Gasteiger partial charge in [-0.3, -0.25) is 4.79 Å². The summed E-state index contributed by atoms with van der Waals surface area (Å²) >= 11 is 0. The fraction of sp³-hybridized carbons (Fsp3) is 0.562. The van der Waals surface area contributed by atoms with Gasteiger partial charge in [0.1, 0.15) is 18.9 Å². The van der Waals surface area contributed by atoms with E-state index in [1.54, 1.807) is 4.90 Å². The van der Waals surface area contributed by atoms with Crippen LogP contribution in [0, 0.1) is 6.92 Å². The molecule has 0 atom stereocenters. The molecule has 0 spiro atoms. The second kappa shape index (κ2) is 7.90. The zero-order chi connectivity index (χ0) is 14.2. The molecule has 1 fully saturated rings. The van der Waals surface area contributed by atoms with Crippen LogP contribution in [0.25, 0.3) is 0 Å². The summed E-state index contributed by atoms with van der Waals surface area (Å²) in [6.45, 7) is 6.28. The summed E-state index contributed by atoms with van der Waals surface area (Å²) in [7, 11) is 0. The molecule has 0 unspecified atom stereocenters. The van der Waals surface area contributed by atoms with E-state index in [4.69, 9.17) is 9.47 Å². The maximum absolute atomic E-state index is 11.6. The van der Waals surface area contributed by atoms with Gasteiger partial charge in [0.25, 0.3) is 0 Å². The number of carbonyl (C=O) groups is 1. The molecule has 4 nitrogen and oxygen atoms in total. The lowest BCUT2D eigenvalue weighted by Crippen LogP contribution is -3.10. The number of ether oxygens (including phenoxy) is 2. The third kappa shape index (κ3) is 5.21. The van der Waals surface area contributed by atoms with Crippen molar-refractivity contribution in [2.45, 2.75) is 26.2 Å². The molecule has 110 valence electrons. The van der Waals surface area contributed by atoms with Crippen molar-refractivity contribution in [2.75, 3.05) is 32.8 Å². The summed E-state index contributed by atoms with van der Waals surface area (Å²) < 4.78 is 10.8. The first-order chi connectivity index (χ1) is 9.74. The maximum Gasteiger partial charge on any atom is 0.309 e. The summed E-state index contributed by atoms with van der Waals surface area (Å²) in [4.78, 5) is 13.1. The van der Waals surface area contributed by atoms with Crippen LogP contribution >= 0.6 is 0 Å². The van der Waals surface area contributed by atoms with E-state index in [-0.39, 0.29) is 5.97 Å². The molecular formula is C16H24NO3+. The summed E-state index contributed by atoms with van der Waals surface area (Å²) in [6.07, 6.45) is 2.91. The molecule has 1 aromatic carbocycles. The monoisotopic (exact) mass is 278 g/mol. The minimum Gasteiger partial charge on any atom is -0.493 e. The van der Waals surface area contributed by atoms with Gasteiger partial charge in [-0.2, -0.15) is 0 Å². The average Bonchev–Trinajstić information content (AvgIpc) is 2.92. The van der Waals surface area contributed by atoms with Crippen molar-refractivity contribution in [3.05, 3.63) is 29.8 Å². The molecule has 4 heteroatoms. The van der Waals surface area contributed by atoms with Crippen LogP contribution < -0.4 is 9.64 Å². The van der Waals surface area contributed by atoms with Crippen LogP contribution in [0.2, 0.25) is 0 Å². The normalized spacial score (nSPS) is 15.2. The number of esters is 1. The highest BCUT2D eigenvalue weighted by molar-refractivity contribution is 5.69. The van der Waals surface area contributed by atoms with Crippen molar-refractivity contribution in [2.24, 2.45) is 0 Å². The molecule has 0 bridgehead atoms. The highest BCUT2D eigenvalue weighted by Crippen LogP contribution is 2.12. The molecule has 1 aromatic rings. The van der Waals surface area contributed by atoms with Crippen LogP contribution in [0.1, 0.15) is 24.8 Å². The topological polar surface area (TPSA) is 40.0 Å². The van der Waals surface area contributed by atoms with Gasteiger partial charge in [-0.05, 0) is 24.6 Å². The first kappa shape index (κ1) is 14.9. The Morgan fingerprint density at radius 1 is 1.25 bits per heavy atom. The number of hydrogen-bond donors (Lipinski definition) is 1. The lowest BCUT2D eigenvalue weighted by Gasteiger charge is -2.12. The molecule has 1 N–H and O–H groups in total. The number of benzene rings is 1. The van der Waals surface area contributed by atoms with Crippen LogP contribution in [0.15, 0.2) is 24.3 Å². The Balaban J connectivity index is 1.55. The van der Waals surface area contributed by atoms with Crippen molar-refractivity contribution in [1.29, 1.82) is 0 Å². The molecule has 0 aromatic heterocycles. The minimum absolute atomic E-state index is 0.170. The quantitative estimate of drug-likeness (QED) is 0.756. The number of aryl methyl sites for hydroxylation is 1. The molecule has 0 radical (unpaired) electrons. The Kier molecular flexibility index (Phi) is 5.87. The second-order valence-corrected chi connectivity index (χ2v) is 5.34. The van der Waals surface area contributed by atoms with Gasteiger partial charge in [-0.25, -0.2) is 0 Å². The van der Waals surface area contributed by atoms with E-state index in [1.807, 2.05) is 31.2 Å². The zero-order valence-electron chi connectivity index (χ0n) is 12.2. The van der Waals surface area contributed by atoms with Crippen LogP contribution in [0.4, 0.5) is 0 Å². The van der Waals surface area contributed by atoms with Crippen LogP contribution in [-0.4, -0.2) is 38.8 Å². The van der Waals surface area contributed by atoms with E-state index in [1.165, 1.54) is 25.9 Å². The van der Waals surface area contributed by atoms with Crippen molar-refractivity contribution < 1.29 is 19.2 Å². The number of likely N-dealkylation sites (tertiary alicyclic amines) is 1. The predicted octanol–water partition coefficient (Wildman–Crippen LogP) is 0.986. The Labute approximate surface area is 120 Å². The summed E-state index contributed by atoms with van der Waals surface area (Å²) in [5.74, 6) is 0.635. The Bertz CT molecular complexity index is 427. The lowest BCUT2D eigenvalue weighted by atomic mass is 10.2. The van der Waals surface area contributed by atoms with Crippen LogP contribution in [0.5, 0.6) is 5.75 Å². The second-order valence-electron chi connectivity index (χ2n) is 5.34. The molecule has 0 aliphatic carbocycles. The largest absolute Gasteiger partial charge is 0.493 e. The van der Waals surface area contributed by atoms with Gasteiger partial charge < -0.3 is 14.4 Å². The molecule has 2 rings (SSSR count). The summed E-state index contributed by atoms with van der Waals surface area (Å²) in [5.41, 5.74) is 1.15. The number of carbonyl (C=O) groups excluding carboxylic acids is 1. The fourth-order valence-corrected chi connectivity index (χ4v) is 2.46. The van der Waals surface area contributed by atoms with E-state index >= 15 is 0 Å². The van der Waals surface area contributed by atoms with Gasteiger partial charge in [0.05, 0.1) is 26.1 Å². The SMILES string of the molecule is Cc1cccc(OCCC(=O)OCC[NH+]2CCCC2)c1. The van der Waals surface area contributed by atoms with E-state index in [9.17, 15) is 4.79 Å². The average molecular weight is 278 g/mol. The first-order valence-corrected chi connectivity index (χ1v) is 7.43. The molecule has 1 saturated heterocycles. The number of quaternary nitrogens is 1. The van der Waals surface area contributed by atoms with Gasteiger partial charge in [-0.1, -0.05) is 12.1 Å². The third-order valence-electron chi connectivity index (χ3n) is 3.59. The van der Waals surface area contributed by atoms with Gasteiger partial charge in [0.2, 0.25) is 0 Å². The van der Waals surface area contributed by atoms with E-state index in [0.717, 1.165) is 17.9 Å². The molecule has 1 aliphatic heterocycles. The molecular weight excluding hydrogens is 254 g/mol. The minimum atomic E-state index is -0.170. The molecule has 0 saturated carbocycles. The lowest BCUT2D eigenvalue weighted by molar-refractivity contribution is -0.887. The summed E-state index contributed by atoms with van der Waals surface area (Å²) in [5, 5.41) is 0. The highest BCUT2D eigenvalue weighted by atomic mass is 16.5. The van der Waals surface area contributed by atoms with E-state index < -0.39 is 0 Å². The molecule has 1 aliphatic rings.